The maximum absolute atomic E-state index is 5.99. The van der Waals surface area contributed by atoms with Crippen LogP contribution in [0.3, 0.4) is 0 Å². The Bertz CT molecular complexity index is 708. The van der Waals surface area contributed by atoms with Crippen LogP contribution in [0.5, 0.6) is 11.5 Å². The summed E-state index contributed by atoms with van der Waals surface area (Å²) in [6, 6.07) is 12.5. The highest BCUT2D eigenvalue weighted by atomic mass is 79.9. The largest absolute Gasteiger partial charge is 0.490 e. The first kappa shape index (κ1) is 19.8. The van der Waals surface area contributed by atoms with Crippen LogP contribution in [0.4, 0.5) is 0 Å². The van der Waals surface area contributed by atoms with E-state index < -0.39 is 0 Å². The fraction of sp³-hybridized carbons (Fsp3) is 0.429. The van der Waals surface area contributed by atoms with Crippen LogP contribution in [0.15, 0.2) is 40.9 Å². The molecule has 0 saturated heterocycles. The number of benzene rings is 2. The zero-order valence-corrected chi connectivity index (χ0v) is 17.4. The van der Waals surface area contributed by atoms with Gasteiger partial charge in [0.25, 0.3) is 0 Å². The molecule has 0 radical (unpaired) electrons. The standard InChI is InChI=1S/C21H28BrNO2/c1-15-6-8-19(17(12-15)21(2,3)4)24-10-11-25-20-9-7-16(14-23-5)13-18(20)22/h6-9,12-13,23H,10-11,14H2,1-5H3. The van der Waals surface area contributed by atoms with Crippen LogP contribution in [0.2, 0.25) is 0 Å². The fourth-order valence-corrected chi connectivity index (χ4v) is 3.18. The summed E-state index contributed by atoms with van der Waals surface area (Å²) in [6.07, 6.45) is 0. The number of rotatable bonds is 7. The van der Waals surface area contributed by atoms with Gasteiger partial charge in [0.2, 0.25) is 0 Å². The van der Waals surface area contributed by atoms with Crippen LogP contribution in [0.25, 0.3) is 0 Å². The topological polar surface area (TPSA) is 30.5 Å². The van der Waals surface area contributed by atoms with E-state index in [1.807, 2.05) is 13.1 Å². The van der Waals surface area contributed by atoms with Gasteiger partial charge in [-0.3, -0.25) is 0 Å². The Kier molecular flexibility index (Phi) is 6.91. The van der Waals surface area contributed by atoms with Crippen LogP contribution < -0.4 is 14.8 Å². The van der Waals surface area contributed by atoms with Gasteiger partial charge in [-0.2, -0.15) is 0 Å². The molecule has 3 nitrogen and oxygen atoms in total. The Hall–Kier alpha value is -1.52. The molecule has 0 saturated carbocycles. The van der Waals surface area contributed by atoms with Gasteiger partial charge >= 0.3 is 0 Å². The lowest BCUT2D eigenvalue weighted by atomic mass is 9.85. The minimum absolute atomic E-state index is 0.0500. The highest BCUT2D eigenvalue weighted by Gasteiger charge is 2.19. The van der Waals surface area contributed by atoms with Crippen molar-refractivity contribution in [1.82, 2.24) is 5.32 Å². The van der Waals surface area contributed by atoms with Gasteiger partial charge in [0, 0.05) is 6.54 Å². The maximum atomic E-state index is 5.99. The molecule has 25 heavy (non-hydrogen) atoms. The van der Waals surface area contributed by atoms with Crippen molar-refractivity contribution in [3.63, 3.8) is 0 Å². The molecule has 136 valence electrons. The van der Waals surface area contributed by atoms with Crippen LogP contribution in [0, 0.1) is 6.92 Å². The van der Waals surface area contributed by atoms with Crippen LogP contribution in [0.1, 0.15) is 37.5 Å². The first-order chi connectivity index (χ1) is 11.8. The van der Waals surface area contributed by atoms with Crippen LogP contribution in [-0.2, 0) is 12.0 Å². The summed E-state index contributed by atoms with van der Waals surface area (Å²) >= 11 is 3.57. The molecule has 0 heterocycles. The fourth-order valence-electron chi connectivity index (χ4n) is 2.63. The molecule has 0 aliphatic carbocycles. The smallest absolute Gasteiger partial charge is 0.133 e. The highest BCUT2D eigenvalue weighted by molar-refractivity contribution is 9.10. The summed E-state index contributed by atoms with van der Waals surface area (Å²) in [6.45, 7) is 10.6. The Morgan fingerprint density at radius 3 is 2.20 bits per heavy atom. The third kappa shape index (κ3) is 5.75. The number of hydrogen-bond donors (Lipinski definition) is 1. The molecule has 0 aromatic heterocycles. The third-order valence-electron chi connectivity index (χ3n) is 3.92. The molecule has 0 aliphatic heterocycles. The van der Waals surface area contributed by atoms with E-state index in [0.717, 1.165) is 22.5 Å². The summed E-state index contributed by atoms with van der Waals surface area (Å²) in [5.74, 6) is 1.77. The molecule has 2 rings (SSSR count). The van der Waals surface area contributed by atoms with Crippen molar-refractivity contribution in [1.29, 1.82) is 0 Å². The molecule has 0 atom stereocenters. The first-order valence-electron chi connectivity index (χ1n) is 8.61. The van der Waals surface area contributed by atoms with E-state index in [0.29, 0.717) is 13.2 Å². The SMILES string of the molecule is CNCc1ccc(OCCOc2ccc(C)cc2C(C)(C)C)c(Br)c1. The molecule has 1 N–H and O–H groups in total. The molecule has 0 unspecified atom stereocenters. The van der Waals surface area contributed by atoms with Gasteiger partial charge in [-0.05, 0) is 64.6 Å². The average Bonchev–Trinajstić information content (AvgIpc) is 2.53. The zero-order valence-electron chi connectivity index (χ0n) is 15.8. The van der Waals surface area contributed by atoms with Crippen LogP contribution >= 0.6 is 15.9 Å². The van der Waals surface area contributed by atoms with Crippen molar-refractivity contribution >= 4 is 15.9 Å². The number of aryl methyl sites for hydroxylation is 1. The van der Waals surface area contributed by atoms with Gasteiger partial charge in [0.05, 0.1) is 4.47 Å². The Balaban J connectivity index is 1.94. The monoisotopic (exact) mass is 405 g/mol. The molecule has 2 aromatic carbocycles. The summed E-state index contributed by atoms with van der Waals surface area (Å²) < 4.78 is 12.8. The minimum Gasteiger partial charge on any atom is -0.490 e. The first-order valence-corrected chi connectivity index (χ1v) is 9.40. The van der Waals surface area contributed by atoms with Crippen molar-refractivity contribution in [2.45, 2.75) is 39.7 Å². The molecule has 0 bridgehead atoms. The predicted molar refractivity (Wildman–Crippen MR) is 108 cm³/mol. The average molecular weight is 406 g/mol. The van der Waals surface area contributed by atoms with Gasteiger partial charge in [-0.25, -0.2) is 0 Å². The number of ether oxygens (including phenoxy) is 2. The molecule has 4 heteroatoms. The number of halogens is 1. The predicted octanol–water partition coefficient (Wildman–Crippen LogP) is 5.23. The van der Waals surface area contributed by atoms with Gasteiger partial charge in [0.15, 0.2) is 0 Å². The molecular weight excluding hydrogens is 378 g/mol. The molecule has 0 aliphatic rings. The Labute approximate surface area is 159 Å². The molecule has 0 spiro atoms. The molecular formula is C21H28BrNO2. The second kappa shape index (κ2) is 8.72. The maximum Gasteiger partial charge on any atom is 0.133 e. The Morgan fingerprint density at radius 1 is 0.960 bits per heavy atom. The summed E-state index contributed by atoms with van der Waals surface area (Å²) in [4.78, 5) is 0. The second-order valence-corrected chi connectivity index (χ2v) is 8.10. The van der Waals surface area contributed by atoms with E-state index in [-0.39, 0.29) is 5.41 Å². The van der Waals surface area contributed by atoms with Gasteiger partial charge in [-0.15, -0.1) is 0 Å². The summed E-state index contributed by atoms with van der Waals surface area (Å²) in [5.41, 5.74) is 3.74. The number of hydrogen-bond acceptors (Lipinski definition) is 3. The van der Waals surface area contributed by atoms with E-state index in [4.69, 9.17) is 9.47 Å². The van der Waals surface area contributed by atoms with Gasteiger partial charge in [-0.1, -0.05) is 44.5 Å². The zero-order chi connectivity index (χ0) is 18.4. The second-order valence-electron chi connectivity index (χ2n) is 7.24. The van der Waals surface area contributed by atoms with E-state index in [2.05, 4.69) is 79.3 Å². The quantitative estimate of drug-likeness (QED) is 0.639. The Morgan fingerprint density at radius 2 is 1.60 bits per heavy atom. The molecule has 0 amide bonds. The molecule has 2 aromatic rings. The van der Waals surface area contributed by atoms with E-state index >= 15 is 0 Å². The highest BCUT2D eigenvalue weighted by Crippen LogP contribution is 2.32. The van der Waals surface area contributed by atoms with Crippen molar-refractivity contribution in [2.75, 3.05) is 20.3 Å². The lowest BCUT2D eigenvalue weighted by molar-refractivity contribution is 0.213. The lowest BCUT2D eigenvalue weighted by Crippen LogP contribution is -2.16. The minimum atomic E-state index is 0.0500. The third-order valence-corrected chi connectivity index (χ3v) is 4.54. The van der Waals surface area contributed by atoms with Crippen molar-refractivity contribution in [3.8, 4) is 11.5 Å². The van der Waals surface area contributed by atoms with Gasteiger partial charge < -0.3 is 14.8 Å². The lowest BCUT2D eigenvalue weighted by Gasteiger charge is -2.23. The van der Waals surface area contributed by atoms with Crippen LogP contribution in [-0.4, -0.2) is 20.3 Å². The van der Waals surface area contributed by atoms with Crippen molar-refractivity contribution in [2.24, 2.45) is 0 Å². The van der Waals surface area contributed by atoms with Crippen molar-refractivity contribution < 1.29 is 9.47 Å². The normalized spacial score (nSPS) is 11.4. The van der Waals surface area contributed by atoms with E-state index in [1.54, 1.807) is 0 Å². The van der Waals surface area contributed by atoms with Gasteiger partial charge in [0.1, 0.15) is 24.7 Å². The number of nitrogens with one attached hydrogen (secondary N) is 1. The summed E-state index contributed by atoms with van der Waals surface area (Å²) in [7, 11) is 1.94. The summed E-state index contributed by atoms with van der Waals surface area (Å²) in [5, 5.41) is 3.14. The molecule has 0 fully saturated rings. The van der Waals surface area contributed by atoms with E-state index in [9.17, 15) is 0 Å². The van der Waals surface area contributed by atoms with E-state index in [1.165, 1.54) is 16.7 Å². The van der Waals surface area contributed by atoms with Crippen molar-refractivity contribution in [3.05, 3.63) is 57.6 Å².